The lowest BCUT2D eigenvalue weighted by Gasteiger charge is -2.35. The van der Waals surface area contributed by atoms with Crippen LogP contribution in [0.2, 0.25) is 0 Å². The van der Waals surface area contributed by atoms with Crippen LogP contribution in [-0.2, 0) is 17.7 Å². The summed E-state index contributed by atoms with van der Waals surface area (Å²) in [7, 11) is 0. The molecule has 3 aliphatic rings. The van der Waals surface area contributed by atoms with E-state index in [0.29, 0.717) is 31.3 Å². The molecule has 0 bridgehead atoms. The summed E-state index contributed by atoms with van der Waals surface area (Å²) < 4.78 is 12.7. The highest BCUT2D eigenvalue weighted by atomic mass is 16.5. The van der Waals surface area contributed by atoms with Gasteiger partial charge in [0, 0.05) is 61.5 Å². The molecule has 7 rings (SSSR count). The monoisotopic (exact) mass is 534 g/mol. The number of H-pyrrole nitrogens is 1. The zero-order valence-electron chi connectivity index (χ0n) is 22.6. The summed E-state index contributed by atoms with van der Waals surface area (Å²) in [4.78, 5) is 21.8. The van der Waals surface area contributed by atoms with Gasteiger partial charge in [0.1, 0.15) is 23.3 Å². The third-order valence-electron chi connectivity index (χ3n) is 8.47. The van der Waals surface area contributed by atoms with E-state index < -0.39 is 0 Å². The molecule has 2 N–H and O–H groups in total. The lowest BCUT2D eigenvalue weighted by Crippen LogP contribution is -2.41. The van der Waals surface area contributed by atoms with Crippen molar-refractivity contribution in [3.05, 3.63) is 111 Å². The number of anilines is 2. The molecule has 1 saturated carbocycles. The molecule has 2 aliphatic heterocycles. The number of benzene rings is 2. The first-order chi connectivity index (χ1) is 19.7. The Labute approximate surface area is 234 Å². The Kier molecular flexibility index (Phi) is 6.73. The molecule has 4 aromatic rings. The third kappa shape index (κ3) is 4.97. The Morgan fingerprint density at radius 2 is 1.95 bits per heavy atom. The molecular formula is C33H34N4O3. The first-order valence-corrected chi connectivity index (χ1v) is 14.4. The minimum absolute atomic E-state index is 0.0781. The van der Waals surface area contributed by atoms with Crippen LogP contribution < -0.4 is 20.5 Å². The minimum Gasteiger partial charge on any atom is -0.456 e. The van der Waals surface area contributed by atoms with E-state index in [2.05, 4.69) is 62.6 Å². The lowest BCUT2D eigenvalue weighted by molar-refractivity contribution is 0.0383. The van der Waals surface area contributed by atoms with Gasteiger partial charge in [-0.1, -0.05) is 37.1 Å². The van der Waals surface area contributed by atoms with Crippen LogP contribution in [0.1, 0.15) is 65.5 Å². The molecule has 7 nitrogen and oxygen atoms in total. The van der Waals surface area contributed by atoms with Gasteiger partial charge in [-0.15, -0.1) is 0 Å². The zero-order chi connectivity index (χ0) is 26.9. The number of pyridine rings is 2. The maximum atomic E-state index is 12.4. The quantitative estimate of drug-likeness (QED) is 0.266. The predicted octanol–water partition coefficient (Wildman–Crippen LogP) is 6.31. The van der Waals surface area contributed by atoms with E-state index in [1.807, 2.05) is 24.5 Å². The van der Waals surface area contributed by atoms with Crippen molar-refractivity contribution in [2.45, 2.75) is 50.7 Å². The largest absolute Gasteiger partial charge is 0.456 e. The van der Waals surface area contributed by atoms with Gasteiger partial charge in [-0.2, -0.15) is 0 Å². The number of nitrogens with zero attached hydrogens (tertiary/aromatic N) is 2. The van der Waals surface area contributed by atoms with Gasteiger partial charge in [-0.25, -0.2) is 0 Å². The Hall–Kier alpha value is -4.10. The number of fused-ring (bicyclic) bond motifs is 2. The molecule has 4 heterocycles. The van der Waals surface area contributed by atoms with E-state index in [1.165, 1.54) is 36.8 Å². The summed E-state index contributed by atoms with van der Waals surface area (Å²) in [5.41, 5.74) is 7.60. The molecule has 1 unspecified atom stereocenters. The molecule has 1 aliphatic carbocycles. The number of hydrogen-bond acceptors (Lipinski definition) is 6. The fourth-order valence-electron chi connectivity index (χ4n) is 6.37. The summed E-state index contributed by atoms with van der Waals surface area (Å²) in [6.45, 7) is 2.57. The van der Waals surface area contributed by atoms with Crippen molar-refractivity contribution < 1.29 is 9.47 Å². The second-order valence-electron chi connectivity index (χ2n) is 11.1. The van der Waals surface area contributed by atoms with E-state index in [1.54, 1.807) is 6.20 Å². The molecule has 7 heteroatoms. The SMILES string of the molecule is O=c1[nH]cccc1N1CCOC(c2cccc3c2Oc2ccc(NCc4cncc(C5CCCC5)c4)cc2C3)C1. The molecule has 204 valence electrons. The summed E-state index contributed by atoms with van der Waals surface area (Å²) in [6.07, 6.45) is 11.5. The van der Waals surface area contributed by atoms with Gasteiger partial charge in [0.15, 0.2) is 0 Å². The predicted molar refractivity (Wildman–Crippen MR) is 157 cm³/mol. The minimum atomic E-state index is -0.181. The van der Waals surface area contributed by atoms with Crippen LogP contribution in [0.3, 0.4) is 0 Å². The van der Waals surface area contributed by atoms with Crippen LogP contribution in [0.5, 0.6) is 11.5 Å². The van der Waals surface area contributed by atoms with Gasteiger partial charge in [0.25, 0.3) is 5.56 Å². The average molecular weight is 535 g/mol. The molecule has 2 aromatic carbocycles. The van der Waals surface area contributed by atoms with E-state index in [0.717, 1.165) is 46.8 Å². The van der Waals surface area contributed by atoms with Gasteiger partial charge in [0.2, 0.25) is 0 Å². The number of ether oxygens (including phenoxy) is 2. The lowest BCUT2D eigenvalue weighted by atomic mass is 9.95. The first kappa shape index (κ1) is 24.9. The average Bonchev–Trinajstić information content (AvgIpc) is 3.55. The van der Waals surface area contributed by atoms with Crippen LogP contribution in [0, 0.1) is 0 Å². The molecule has 2 fully saturated rings. The number of para-hydroxylation sites is 1. The fourth-order valence-corrected chi connectivity index (χ4v) is 6.37. The number of nitrogens with one attached hydrogen (secondary N) is 2. The van der Waals surface area contributed by atoms with Crippen LogP contribution in [0.25, 0.3) is 0 Å². The smallest absolute Gasteiger partial charge is 0.271 e. The molecule has 40 heavy (non-hydrogen) atoms. The van der Waals surface area contributed by atoms with E-state index in [-0.39, 0.29) is 11.7 Å². The maximum absolute atomic E-state index is 12.4. The molecular weight excluding hydrogens is 500 g/mol. The number of aromatic amines is 1. The summed E-state index contributed by atoms with van der Waals surface area (Å²) in [5.74, 6) is 2.42. The van der Waals surface area contributed by atoms with E-state index in [9.17, 15) is 4.79 Å². The topological polar surface area (TPSA) is 79.5 Å². The van der Waals surface area contributed by atoms with Crippen molar-refractivity contribution >= 4 is 11.4 Å². The van der Waals surface area contributed by atoms with Crippen molar-refractivity contribution in [3.8, 4) is 11.5 Å². The number of hydrogen-bond donors (Lipinski definition) is 2. The van der Waals surface area contributed by atoms with Gasteiger partial charge in [-0.3, -0.25) is 9.78 Å². The van der Waals surface area contributed by atoms with Gasteiger partial charge in [0.05, 0.1) is 6.61 Å². The summed E-state index contributed by atoms with van der Waals surface area (Å²) in [6, 6.07) is 18.7. The summed E-state index contributed by atoms with van der Waals surface area (Å²) in [5, 5.41) is 3.59. The van der Waals surface area contributed by atoms with Crippen LogP contribution in [-0.4, -0.2) is 29.7 Å². The standard InChI is InChI=1S/C33H34N4O3/c38-33-29(9-4-12-35-33)37-13-14-39-31(21-37)28-8-3-7-24-16-25-17-27(10-11-30(25)40-32(24)28)36-19-22-15-26(20-34-18-22)23-5-1-2-6-23/h3-4,7-12,15,17-18,20,23,31,36H,1-2,5-6,13-14,16,19,21H2,(H,35,38). The van der Waals surface area contributed by atoms with Crippen LogP contribution in [0.4, 0.5) is 11.4 Å². The Bertz CT molecular complexity index is 1580. The Balaban J connectivity index is 1.06. The highest BCUT2D eigenvalue weighted by Gasteiger charge is 2.29. The number of aromatic nitrogens is 2. The van der Waals surface area contributed by atoms with Crippen molar-refractivity contribution in [1.29, 1.82) is 0 Å². The van der Waals surface area contributed by atoms with Gasteiger partial charge in [-0.05, 0) is 65.8 Å². The van der Waals surface area contributed by atoms with E-state index >= 15 is 0 Å². The normalized spacial score (nSPS) is 18.6. The third-order valence-corrected chi connectivity index (χ3v) is 8.47. The van der Waals surface area contributed by atoms with Crippen molar-refractivity contribution in [2.24, 2.45) is 0 Å². The molecule has 0 radical (unpaired) electrons. The Morgan fingerprint density at radius 3 is 2.85 bits per heavy atom. The first-order valence-electron chi connectivity index (χ1n) is 14.4. The number of rotatable bonds is 6. The van der Waals surface area contributed by atoms with Gasteiger partial charge < -0.3 is 24.7 Å². The summed E-state index contributed by atoms with van der Waals surface area (Å²) >= 11 is 0. The molecule has 2 aromatic heterocycles. The second kappa shape index (κ2) is 10.8. The van der Waals surface area contributed by atoms with E-state index in [4.69, 9.17) is 9.47 Å². The highest BCUT2D eigenvalue weighted by Crippen LogP contribution is 2.43. The fraction of sp³-hybridized carbons (Fsp3) is 0.333. The van der Waals surface area contributed by atoms with Crippen LogP contribution >= 0.6 is 0 Å². The highest BCUT2D eigenvalue weighted by molar-refractivity contribution is 5.59. The molecule has 1 atom stereocenters. The zero-order valence-corrected chi connectivity index (χ0v) is 22.6. The maximum Gasteiger partial charge on any atom is 0.271 e. The number of morpholine rings is 1. The Morgan fingerprint density at radius 1 is 1.02 bits per heavy atom. The second-order valence-corrected chi connectivity index (χ2v) is 11.1. The molecule has 1 saturated heterocycles. The van der Waals surface area contributed by atoms with Crippen molar-refractivity contribution in [1.82, 2.24) is 9.97 Å². The van der Waals surface area contributed by atoms with Crippen LogP contribution in [0.15, 0.2) is 78.0 Å². The van der Waals surface area contributed by atoms with Crippen molar-refractivity contribution in [2.75, 3.05) is 29.9 Å². The molecule has 0 spiro atoms. The molecule has 0 amide bonds. The van der Waals surface area contributed by atoms with Crippen molar-refractivity contribution in [3.63, 3.8) is 0 Å². The van der Waals surface area contributed by atoms with Gasteiger partial charge >= 0.3 is 0 Å².